The molecule has 2 aliphatic heterocycles. The fourth-order valence-electron chi connectivity index (χ4n) is 4.56. The number of rotatable bonds is 9. The first-order valence-corrected chi connectivity index (χ1v) is 12.1. The maximum atomic E-state index is 12.7. The average Bonchev–Trinajstić information content (AvgIpc) is 3.22. The smallest absolute Gasteiger partial charge is 0.412 e. The zero-order chi connectivity index (χ0) is 27.2. The number of piperidine rings is 1. The third-order valence-corrected chi connectivity index (χ3v) is 6.48. The van der Waals surface area contributed by atoms with Gasteiger partial charge in [-0.2, -0.15) is 0 Å². The van der Waals surface area contributed by atoms with Crippen molar-refractivity contribution in [1.29, 1.82) is 0 Å². The molecule has 2 aliphatic rings. The van der Waals surface area contributed by atoms with Crippen molar-refractivity contribution in [3.05, 3.63) is 65.2 Å². The monoisotopic (exact) mass is 524 g/mol. The van der Waals surface area contributed by atoms with Crippen LogP contribution in [0.4, 0.5) is 10.5 Å². The predicted molar refractivity (Wildman–Crippen MR) is 132 cm³/mol. The molecule has 0 aromatic heterocycles. The van der Waals surface area contributed by atoms with Gasteiger partial charge >= 0.3 is 12.1 Å². The van der Waals surface area contributed by atoms with Crippen molar-refractivity contribution in [3.63, 3.8) is 0 Å². The summed E-state index contributed by atoms with van der Waals surface area (Å²) in [5, 5.41) is 24.7. The number of carbonyl (C=O) groups is 5. The third kappa shape index (κ3) is 6.33. The molecule has 200 valence electrons. The Morgan fingerprint density at radius 3 is 2.58 bits per heavy atom. The van der Waals surface area contributed by atoms with E-state index in [2.05, 4.69) is 10.6 Å². The summed E-state index contributed by atoms with van der Waals surface area (Å²) in [5.74, 6) is -2.45. The van der Waals surface area contributed by atoms with Gasteiger partial charge in [0.05, 0.1) is 12.5 Å². The molecule has 12 heteroatoms. The minimum atomic E-state index is -1.10. The highest BCUT2D eigenvalue weighted by Crippen LogP contribution is 2.38. The highest BCUT2D eigenvalue weighted by Gasteiger charge is 2.40. The van der Waals surface area contributed by atoms with E-state index in [0.29, 0.717) is 16.8 Å². The standard InChI is InChI=1S/C26H28N4O8/c31-21-10-9-20(24(35)28-21)30-14-18-17(25(30)36)7-4-8-19(18)27-26(37)38-15-22(32)29(12-11-23(33)34)13-16-5-2-1-3-6-16/h1-8,20,25,36H,9-15H2,(H,27,37)(H,33,34)(H,28,31,35). The van der Waals surface area contributed by atoms with Crippen LogP contribution in [-0.2, 0) is 37.0 Å². The van der Waals surface area contributed by atoms with Crippen molar-refractivity contribution < 1.29 is 38.9 Å². The van der Waals surface area contributed by atoms with E-state index in [0.717, 1.165) is 5.56 Å². The Labute approximate surface area is 218 Å². The van der Waals surface area contributed by atoms with Crippen LogP contribution >= 0.6 is 0 Å². The first kappa shape index (κ1) is 26.8. The van der Waals surface area contributed by atoms with Crippen LogP contribution in [-0.4, -0.2) is 69.0 Å². The lowest BCUT2D eigenvalue weighted by molar-refractivity contribution is -0.142. The number of carbonyl (C=O) groups excluding carboxylic acids is 4. The summed E-state index contributed by atoms with van der Waals surface area (Å²) in [6, 6.07) is 13.2. The number of hydrogen-bond acceptors (Lipinski definition) is 8. The number of nitrogens with one attached hydrogen (secondary N) is 2. The van der Waals surface area contributed by atoms with E-state index in [1.54, 1.807) is 47.4 Å². The summed E-state index contributed by atoms with van der Waals surface area (Å²) < 4.78 is 5.13. The van der Waals surface area contributed by atoms with Gasteiger partial charge in [0.2, 0.25) is 11.8 Å². The highest BCUT2D eigenvalue weighted by molar-refractivity contribution is 6.00. The Morgan fingerprint density at radius 1 is 1.11 bits per heavy atom. The molecule has 4 N–H and O–H groups in total. The van der Waals surface area contributed by atoms with E-state index in [-0.39, 0.29) is 44.8 Å². The number of carboxylic acids is 1. The van der Waals surface area contributed by atoms with Gasteiger partial charge in [0, 0.05) is 37.3 Å². The summed E-state index contributed by atoms with van der Waals surface area (Å²) in [6.45, 7) is -0.330. The number of aliphatic hydroxyl groups excluding tert-OH is 1. The molecule has 1 fully saturated rings. The van der Waals surface area contributed by atoms with Crippen LogP contribution in [0.5, 0.6) is 0 Å². The van der Waals surface area contributed by atoms with Crippen LogP contribution in [0.15, 0.2) is 48.5 Å². The van der Waals surface area contributed by atoms with Crippen molar-refractivity contribution >= 4 is 35.5 Å². The van der Waals surface area contributed by atoms with Gasteiger partial charge < -0.3 is 19.8 Å². The molecule has 0 spiro atoms. The van der Waals surface area contributed by atoms with Crippen LogP contribution in [0.3, 0.4) is 0 Å². The van der Waals surface area contributed by atoms with Crippen molar-refractivity contribution in [2.75, 3.05) is 18.5 Å². The van der Waals surface area contributed by atoms with Crippen LogP contribution < -0.4 is 10.6 Å². The molecule has 0 aliphatic carbocycles. The van der Waals surface area contributed by atoms with Crippen LogP contribution in [0.1, 0.15) is 42.2 Å². The first-order chi connectivity index (χ1) is 18.2. The van der Waals surface area contributed by atoms with Gasteiger partial charge in [0.25, 0.3) is 5.91 Å². The van der Waals surface area contributed by atoms with E-state index < -0.39 is 42.8 Å². The largest absolute Gasteiger partial charge is 0.481 e. The number of anilines is 1. The number of hydrogen-bond donors (Lipinski definition) is 4. The van der Waals surface area contributed by atoms with Crippen molar-refractivity contribution in [1.82, 2.24) is 15.1 Å². The molecule has 38 heavy (non-hydrogen) atoms. The van der Waals surface area contributed by atoms with Gasteiger partial charge in [-0.05, 0) is 23.6 Å². The zero-order valence-corrected chi connectivity index (χ0v) is 20.5. The molecule has 0 radical (unpaired) electrons. The Morgan fingerprint density at radius 2 is 1.87 bits per heavy atom. The summed E-state index contributed by atoms with van der Waals surface area (Å²) in [4.78, 5) is 63.0. The van der Waals surface area contributed by atoms with Gasteiger partial charge in [-0.15, -0.1) is 0 Å². The van der Waals surface area contributed by atoms with Gasteiger partial charge in [0.1, 0.15) is 6.23 Å². The summed E-state index contributed by atoms with van der Waals surface area (Å²) in [6.07, 6.45) is -1.83. The van der Waals surface area contributed by atoms with E-state index in [1.807, 2.05) is 6.07 Å². The predicted octanol–water partition coefficient (Wildman–Crippen LogP) is 1.35. The van der Waals surface area contributed by atoms with Crippen molar-refractivity contribution in [3.8, 4) is 0 Å². The molecule has 2 unspecified atom stereocenters. The first-order valence-electron chi connectivity index (χ1n) is 12.1. The quantitative estimate of drug-likeness (QED) is 0.354. The number of nitrogens with zero attached hydrogens (tertiary/aromatic N) is 2. The third-order valence-electron chi connectivity index (χ3n) is 6.48. The Balaban J connectivity index is 1.37. The molecule has 4 amide bonds. The van der Waals surface area contributed by atoms with Crippen molar-refractivity contribution in [2.45, 2.75) is 44.6 Å². The van der Waals surface area contributed by atoms with E-state index >= 15 is 0 Å². The fraction of sp³-hybridized carbons (Fsp3) is 0.346. The number of aliphatic hydroxyl groups is 1. The maximum absolute atomic E-state index is 12.7. The van der Waals surface area contributed by atoms with E-state index in [4.69, 9.17) is 9.84 Å². The molecule has 4 rings (SSSR count). The molecule has 2 atom stereocenters. The van der Waals surface area contributed by atoms with Gasteiger partial charge in [-0.3, -0.25) is 34.7 Å². The minimum Gasteiger partial charge on any atom is -0.481 e. The second kappa shape index (κ2) is 11.8. The fourth-order valence-corrected chi connectivity index (χ4v) is 4.56. The molecule has 2 heterocycles. The van der Waals surface area contributed by atoms with Gasteiger partial charge in [-0.25, -0.2) is 4.79 Å². The normalized spacial score (nSPS) is 18.9. The summed E-state index contributed by atoms with van der Waals surface area (Å²) in [7, 11) is 0. The number of fused-ring (bicyclic) bond motifs is 1. The van der Waals surface area contributed by atoms with Crippen LogP contribution in [0.2, 0.25) is 0 Å². The zero-order valence-electron chi connectivity index (χ0n) is 20.5. The minimum absolute atomic E-state index is 0.0473. The maximum Gasteiger partial charge on any atom is 0.412 e. The van der Waals surface area contributed by atoms with E-state index in [9.17, 15) is 29.1 Å². The summed E-state index contributed by atoms with van der Waals surface area (Å²) >= 11 is 0. The molecule has 12 nitrogen and oxygen atoms in total. The number of amides is 4. The number of ether oxygens (including phenoxy) is 1. The Kier molecular flexibility index (Phi) is 8.34. The van der Waals surface area contributed by atoms with Crippen LogP contribution in [0.25, 0.3) is 0 Å². The lowest BCUT2D eigenvalue weighted by Crippen LogP contribution is -2.51. The molecule has 1 saturated heterocycles. The molecule has 2 aromatic rings. The number of benzene rings is 2. The van der Waals surface area contributed by atoms with Crippen LogP contribution in [0, 0.1) is 0 Å². The Bertz CT molecular complexity index is 1240. The second-order valence-corrected chi connectivity index (χ2v) is 9.03. The second-order valence-electron chi connectivity index (χ2n) is 9.03. The number of aliphatic carboxylic acids is 1. The van der Waals surface area contributed by atoms with E-state index in [1.165, 1.54) is 4.90 Å². The van der Waals surface area contributed by atoms with Gasteiger partial charge in [-0.1, -0.05) is 42.5 Å². The number of carboxylic acid groups (broad SMARTS) is 1. The number of imide groups is 1. The van der Waals surface area contributed by atoms with Gasteiger partial charge in [0.15, 0.2) is 6.61 Å². The average molecular weight is 525 g/mol. The lowest BCUT2D eigenvalue weighted by Gasteiger charge is -2.31. The SMILES string of the molecule is O=C(O)CCN(Cc1ccccc1)C(=O)COC(=O)Nc1cccc2c1CN(C1CCC(=O)NC1=O)C2O. The molecular formula is C26H28N4O8. The molecular weight excluding hydrogens is 496 g/mol. The molecule has 2 aromatic carbocycles. The topological polar surface area (TPSA) is 166 Å². The highest BCUT2D eigenvalue weighted by atomic mass is 16.6. The lowest BCUT2D eigenvalue weighted by atomic mass is 10.0. The van der Waals surface area contributed by atoms with Crippen molar-refractivity contribution in [2.24, 2.45) is 0 Å². The molecule has 0 saturated carbocycles. The molecule has 0 bridgehead atoms. The Hall–Kier alpha value is -4.29. The summed E-state index contributed by atoms with van der Waals surface area (Å²) in [5.41, 5.74) is 2.24.